The predicted molar refractivity (Wildman–Crippen MR) is 66.6 cm³/mol. The number of carbonyl (C=O) groups excluding carboxylic acids is 1. The predicted octanol–water partition coefficient (Wildman–Crippen LogP) is 0.805. The molecular formula is C12H15FN4O2. The quantitative estimate of drug-likeness (QED) is 0.822. The Hall–Kier alpha value is -2.20. The second-order valence-corrected chi connectivity index (χ2v) is 3.75. The second-order valence-electron chi connectivity index (χ2n) is 3.75. The van der Waals surface area contributed by atoms with Gasteiger partial charge < -0.3 is 15.4 Å². The number of nitriles is 1. The van der Waals surface area contributed by atoms with Crippen LogP contribution in [0, 0.1) is 17.1 Å². The Morgan fingerprint density at radius 3 is 3.00 bits per heavy atom. The van der Waals surface area contributed by atoms with E-state index in [1.165, 1.54) is 24.3 Å². The minimum absolute atomic E-state index is 0.151. The Balaban J connectivity index is 2.91. The van der Waals surface area contributed by atoms with Crippen LogP contribution >= 0.6 is 0 Å². The lowest BCUT2D eigenvalue weighted by atomic mass is 10.2. The third kappa shape index (κ3) is 3.89. The van der Waals surface area contributed by atoms with Gasteiger partial charge in [0.05, 0.1) is 24.7 Å². The minimum Gasteiger partial charge on any atom is -0.383 e. The van der Waals surface area contributed by atoms with Gasteiger partial charge in [-0.1, -0.05) is 0 Å². The Morgan fingerprint density at radius 1 is 1.63 bits per heavy atom. The van der Waals surface area contributed by atoms with Crippen molar-refractivity contribution in [2.75, 3.05) is 32.5 Å². The molecule has 0 saturated heterocycles. The maximum absolute atomic E-state index is 13.7. The van der Waals surface area contributed by atoms with E-state index < -0.39 is 11.7 Å². The number of ether oxygens (including phenoxy) is 1. The molecule has 1 rings (SSSR count). The summed E-state index contributed by atoms with van der Waals surface area (Å²) < 4.78 is 18.6. The molecule has 0 unspecified atom stereocenters. The molecule has 0 aliphatic carbocycles. The summed E-state index contributed by atoms with van der Waals surface area (Å²) in [5, 5.41) is 8.57. The Morgan fingerprint density at radius 2 is 2.37 bits per heavy atom. The number of aromatic nitrogens is 1. The first-order valence-electron chi connectivity index (χ1n) is 5.67. The summed E-state index contributed by atoms with van der Waals surface area (Å²) in [5.41, 5.74) is 5.17. The highest BCUT2D eigenvalue weighted by Crippen LogP contribution is 2.14. The SMILES string of the molecule is COCCN(CCC#N)C(=O)c1ccnc(N)c1F. The molecule has 0 aromatic carbocycles. The van der Waals surface area contributed by atoms with E-state index in [-0.39, 0.29) is 30.9 Å². The van der Waals surface area contributed by atoms with Gasteiger partial charge >= 0.3 is 0 Å². The average molecular weight is 266 g/mol. The smallest absolute Gasteiger partial charge is 0.257 e. The molecule has 0 atom stereocenters. The number of anilines is 1. The van der Waals surface area contributed by atoms with Gasteiger partial charge in [-0.2, -0.15) is 5.26 Å². The van der Waals surface area contributed by atoms with Crippen molar-refractivity contribution in [1.29, 1.82) is 5.26 Å². The first-order valence-corrected chi connectivity index (χ1v) is 5.67. The Kier molecular flexibility index (Phi) is 5.70. The van der Waals surface area contributed by atoms with Crippen LogP contribution in [0.4, 0.5) is 10.2 Å². The highest BCUT2D eigenvalue weighted by molar-refractivity contribution is 5.95. The number of methoxy groups -OCH3 is 1. The van der Waals surface area contributed by atoms with Gasteiger partial charge in [-0.05, 0) is 6.07 Å². The van der Waals surface area contributed by atoms with Crippen LogP contribution in [-0.2, 0) is 4.74 Å². The van der Waals surface area contributed by atoms with Gasteiger partial charge in [0.15, 0.2) is 11.6 Å². The monoisotopic (exact) mass is 266 g/mol. The van der Waals surface area contributed by atoms with Crippen LogP contribution in [0.25, 0.3) is 0 Å². The molecule has 1 heterocycles. The number of nitrogens with zero attached hydrogens (tertiary/aromatic N) is 3. The molecule has 0 radical (unpaired) electrons. The Labute approximate surface area is 110 Å². The summed E-state index contributed by atoms with van der Waals surface area (Å²) in [6.45, 7) is 0.790. The summed E-state index contributed by atoms with van der Waals surface area (Å²) in [7, 11) is 1.50. The zero-order chi connectivity index (χ0) is 14.3. The molecule has 0 fully saturated rings. The van der Waals surface area contributed by atoms with Crippen molar-refractivity contribution in [1.82, 2.24) is 9.88 Å². The molecule has 7 heteroatoms. The molecule has 0 bridgehead atoms. The number of carbonyl (C=O) groups is 1. The summed E-state index contributed by atoms with van der Waals surface area (Å²) >= 11 is 0. The van der Waals surface area contributed by atoms with Crippen molar-refractivity contribution in [2.45, 2.75) is 6.42 Å². The maximum atomic E-state index is 13.7. The third-order valence-corrected chi connectivity index (χ3v) is 2.49. The number of pyridine rings is 1. The van der Waals surface area contributed by atoms with Crippen LogP contribution < -0.4 is 5.73 Å². The van der Waals surface area contributed by atoms with Gasteiger partial charge in [-0.15, -0.1) is 0 Å². The van der Waals surface area contributed by atoms with Crippen molar-refractivity contribution in [3.63, 3.8) is 0 Å². The minimum atomic E-state index is -0.841. The van der Waals surface area contributed by atoms with Crippen LogP contribution in [-0.4, -0.2) is 42.6 Å². The molecule has 6 nitrogen and oxygen atoms in total. The molecule has 0 spiro atoms. The molecule has 0 aliphatic rings. The highest BCUT2D eigenvalue weighted by Gasteiger charge is 2.20. The van der Waals surface area contributed by atoms with Crippen LogP contribution in [0.5, 0.6) is 0 Å². The van der Waals surface area contributed by atoms with Gasteiger partial charge in [-0.3, -0.25) is 4.79 Å². The summed E-state index contributed by atoms with van der Waals surface area (Å²) in [5.74, 6) is -1.69. The molecule has 1 aromatic rings. The fourth-order valence-electron chi connectivity index (χ4n) is 1.50. The van der Waals surface area contributed by atoms with Crippen molar-refractivity contribution < 1.29 is 13.9 Å². The van der Waals surface area contributed by atoms with Crippen LogP contribution in [0.3, 0.4) is 0 Å². The molecule has 102 valence electrons. The van der Waals surface area contributed by atoms with Gasteiger partial charge in [0, 0.05) is 26.4 Å². The number of halogens is 1. The summed E-state index contributed by atoms with van der Waals surface area (Å²) in [4.78, 5) is 17.1. The topological polar surface area (TPSA) is 92.2 Å². The average Bonchev–Trinajstić information content (AvgIpc) is 2.41. The van der Waals surface area contributed by atoms with E-state index in [4.69, 9.17) is 15.7 Å². The van der Waals surface area contributed by atoms with Crippen molar-refractivity contribution >= 4 is 11.7 Å². The van der Waals surface area contributed by atoms with Gasteiger partial charge in [0.2, 0.25) is 0 Å². The van der Waals surface area contributed by atoms with E-state index in [9.17, 15) is 9.18 Å². The van der Waals surface area contributed by atoms with E-state index in [0.717, 1.165) is 0 Å². The fourth-order valence-corrected chi connectivity index (χ4v) is 1.50. The number of nitrogen functional groups attached to an aromatic ring is 1. The molecular weight excluding hydrogens is 251 g/mol. The van der Waals surface area contributed by atoms with E-state index in [1.54, 1.807) is 0 Å². The van der Waals surface area contributed by atoms with Crippen molar-refractivity contribution in [3.05, 3.63) is 23.6 Å². The third-order valence-electron chi connectivity index (χ3n) is 2.49. The van der Waals surface area contributed by atoms with E-state index >= 15 is 0 Å². The Bertz CT molecular complexity index is 487. The van der Waals surface area contributed by atoms with E-state index in [1.807, 2.05) is 6.07 Å². The van der Waals surface area contributed by atoms with Gasteiger partial charge in [0.25, 0.3) is 5.91 Å². The molecule has 2 N–H and O–H groups in total. The fraction of sp³-hybridized carbons (Fsp3) is 0.417. The zero-order valence-electron chi connectivity index (χ0n) is 10.6. The van der Waals surface area contributed by atoms with E-state index in [0.29, 0.717) is 6.61 Å². The van der Waals surface area contributed by atoms with Crippen LogP contribution in [0.1, 0.15) is 16.8 Å². The highest BCUT2D eigenvalue weighted by atomic mass is 19.1. The van der Waals surface area contributed by atoms with Crippen molar-refractivity contribution in [3.8, 4) is 6.07 Å². The molecule has 1 amide bonds. The number of hydrogen-bond acceptors (Lipinski definition) is 5. The lowest BCUT2D eigenvalue weighted by Gasteiger charge is -2.21. The molecule has 0 saturated carbocycles. The molecule has 0 aliphatic heterocycles. The number of amides is 1. The number of hydrogen-bond donors (Lipinski definition) is 1. The standard InChI is InChI=1S/C12H15FN4O2/c1-19-8-7-17(6-2-4-14)12(18)9-3-5-16-11(15)10(9)13/h3,5H,2,6-8H2,1H3,(H2,15,16). The lowest BCUT2D eigenvalue weighted by molar-refractivity contribution is 0.0695. The lowest BCUT2D eigenvalue weighted by Crippen LogP contribution is -2.35. The summed E-state index contributed by atoms with van der Waals surface area (Å²) in [6.07, 6.45) is 1.43. The normalized spacial score (nSPS) is 9.95. The first-order chi connectivity index (χ1) is 9.11. The number of rotatable bonds is 6. The largest absolute Gasteiger partial charge is 0.383 e. The van der Waals surface area contributed by atoms with Crippen molar-refractivity contribution in [2.24, 2.45) is 0 Å². The van der Waals surface area contributed by atoms with E-state index in [2.05, 4.69) is 4.98 Å². The molecule has 19 heavy (non-hydrogen) atoms. The van der Waals surface area contributed by atoms with Gasteiger partial charge in [0.1, 0.15) is 0 Å². The number of nitrogens with two attached hydrogens (primary N) is 1. The first kappa shape index (κ1) is 14.9. The molecule has 1 aromatic heterocycles. The zero-order valence-corrected chi connectivity index (χ0v) is 10.6. The second kappa shape index (κ2) is 7.28. The van der Waals surface area contributed by atoms with Crippen LogP contribution in [0.15, 0.2) is 12.3 Å². The maximum Gasteiger partial charge on any atom is 0.257 e. The van der Waals surface area contributed by atoms with Crippen LogP contribution in [0.2, 0.25) is 0 Å². The summed E-state index contributed by atoms with van der Waals surface area (Å²) in [6, 6.07) is 3.21. The van der Waals surface area contributed by atoms with Gasteiger partial charge in [-0.25, -0.2) is 9.37 Å².